The predicted molar refractivity (Wildman–Crippen MR) is 95.1 cm³/mol. The minimum atomic E-state index is -4.47. The van der Waals surface area contributed by atoms with Gasteiger partial charge in [0.2, 0.25) is 0 Å². The fourth-order valence-electron chi connectivity index (χ4n) is 2.35. The molecule has 1 N–H and O–H groups in total. The zero-order valence-corrected chi connectivity index (χ0v) is 14.7. The van der Waals surface area contributed by atoms with Gasteiger partial charge in [0.05, 0.1) is 16.4 Å². The monoisotopic (exact) mass is 400 g/mol. The van der Waals surface area contributed by atoms with Crippen molar-refractivity contribution in [1.82, 2.24) is 0 Å². The van der Waals surface area contributed by atoms with Crippen molar-refractivity contribution in [2.75, 3.05) is 16.1 Å². The zero-order chi connectivity index (χ0) is 18.9. The summed E-state index contributed by atoms with van der Waals surface area (Å²) in [7, 11) is -1.60. The molecule has 1 fully saturated rings. The van der Waals surface area contributed by atoms with Crippen molar-refractivity contribution in [2.24, 2.45) is 0 Å². The third-order valence-corrected chi connectivity index (χ3v) is 5.17. The molecule has 1 aliphatic rings. The molecule has 0 unspecified atom stereocenters. The minimum Gasteiger partial charge on any atom is -0.360 e. The van der Waals surface area contributed by atoms with Gasteiger partial charge < -0.3 is 5.32 Å². The molecule has 1 saturated heterocycles. The molecule has 136 valence electrons. The SMILES string of the molecule is O=C1/C(=C\Nc2cccc(C(F)(F)F)c2)[S@@](=O)CN1c1ccc(Cl)cc1. The van der Waals surface area contributed by atoms with Crippen LogP contribution in [-0.2, 0) is 21.8 Å². The highest BCUT2D eigenvalue weighted by atomic mass is 35.5. The summed E-state index contributed by atoms with van der Waals surface area (Å²) in [5.41, 5.74) is -0.139. The fraction of sp³-hybridized carbons (Fsp3) is 0.118. The van der Waals surface area contributed by atoms with Crippen molar-refractivity contribution in [3.63, 3.8) is 0 Å². The molecule has 2 aromatic carbocycles. The Morgan fingerprint density at radius 1 is 1.15 bits per heavy atom. The fourth-order valence-corrected chi connectivity index (χ4v) is 3.61. The molecule has 1 aliphatic heterocycles. The summed E-state index contributed by atoms with van der Waals surface area (Å²) < 4.78 is 50.4. The first-order valence-electron chi connectivity index (χ1n) is 7.35. The van der Waals surface area contributed by atoms with Crippen LogP contribution in [0.5, 0.6) is 0 Å². The molecule has 0 radical (unpaired) electrons. The number of nitrogens with zero attached hydrogens (tertiary/aromatic N) is 1. The van der Waals surface area contributed by atoms with E-state index in [0.29, 0.717) is 10.7 Å². The Bertz CT molecular complexity index is 898. The number of hydrogen-bond donors (Lipinski definition) is 1. The van der Waals surface area contributed by atoms with E-state index in [-0.39, 0.29) is 16.5 Å². The van der Waals surface area contributed by atoms with E-state index in [1.807, 2.05) is 0 Å². The smallest absolute Gasteiger partial charge is 0.360 e. The van der Waals surface area contributed by atoms with E-state index in [0.717, 1.165) is 12.1 Å². The molecule has 0 saturated carbocycles. The lowest BCUT2D eigenvalue weighted by molar-refractivity contribution is -0.137. The molecule has 4 nitrogen and oxygen atoms in total. The van der Waals surface area contributed by atoms with Gasteiger partial charge in [0.1, 0.15) is 10.8 Å². The van der Waals surface area contributed by atoms with E-state index in [1.165, 1.54) is 23.2 Å². The van der Waals surface area contributed by atoms with Crippen molar-refractivity contribution >= 4 is 39.7 Å². The number of carbonyl (C=O) groups is 1. The Hall–Kier alpha value is -2.32. The molecule has 1 amide bonds. The van der Waals surface area contributed by atoms with Crippen LogP contribution in [0.2, 0.25) is 5.02 Å². The molecule has 2 aromatic rings. The maximum Gasteiger partial charge on any atom is 0.416 e. The molecule has 3 rings (SSSR count). The predicted octanol–water partition coefficient (Wildman–Crippen LogP) is 4.37. The van der Waals surface area contributed by atoms with Gasteiger partial charge in [-0.2, -0.15) is 13.2 Å². The second kappa shape index (κ2) is 7.13. The highest BCUT2D eigenvalue weighted by Crippen LogP contribution is 2.31. The molecular formula is C17H12ClF3N2O2S. The summed E-state index contributed by atoms with van der Waals surface area (Å²) in [5.74, 6) is -0.513. The molecule has 0 aliphatic carbocycles. The number of nitrogens with one attached hydrogen (secondary N) is 1. The van der Waals surface area contributed by atoms with Gasteiger partial charge in [0.25, 0.3) is 5.91 Å². The average Bonchev–Trinajstić information content (AvgIpc) is 2.87. The van der Waals surface area contributed by atoms with Crippen LogP contribution in [0.25, 0.3) is 0 Å². The molecule has 0 spiro atoms. The van der Waals surface area contributed by atoms with E-state index in [1.54, 1.807) is 24.3 Å². The first-order chi connectivity index (χ1) is 12.3. The largest absolute Gasteiger partial charge is 0.416 e. The lowest BCUT2D eigenvalue weighted by Gasteiger charge is -2.13. The van der Waals surface area contributed by atoms with Gasteiger partial charge in [-0.25, -0.2) is 0 Å². The van der Waals surface area contributed by atoms with Crippen molar-refractivity contribution in [1.29, 1.82) is 0 Å². The van der Waals surface area contributed by atoms with Gasteiger partial charge in [-0.3, -0.25) is 13.9 Å². The number of alkyl halides is 3. The van der Waals surface area contributed by atoms with Crippen LogP contribution in [0, 0.1) is 0 Å². The summed E-state index contributed by atoms with van der Waals surface area (Å²) in [5, 5.41) is 3.12. The number of rotatable bonds is 3. The van der Waals surface area contributed by atoms with Crippen LogP contribution < -0.4 is 10.2 Å². The van der Waals surface area contributed by atoms with Crippen molar-refractivity contribution in [3.8, 4) is 0 Å². The molecular weight excluding hydrogens is 389 g/mol. The number of halogens is 4. The summed E-state index contributed by atoms with van der Waals surface area (Å²) in [6, 6.07) is 11.0. The Balaban J connectivity index is 1.80. The van der Waals surface area contributed by atoms with E-state index in [4.69, 9.17) is 11.6 Å². The van der Waals surface area contributed by atoms with Crippen LogP contribution in [0.3, 0.4) is 0 Å². The Labute approximate surface area is 154 Å². The molecule has 9 heteroatoms. The molecule has 0 bridgehead atoms. The normalized spacial score (nSPS) is 19.2. The van der Waals surface area contributed by atoms with E-state index >= 15 is 0 Å². The molecule has 26 heavy (non-hydrogen) atoms. The van der Waals surface area contributed by atoms with E-state index in [9.17, 15) is 22.2 Å². The molecule has 0 aromatic heterocycles. The number of benzene rings is 2. The maximum atomic E-state index is 12.7. The topological polar surface area (TPSA) is 49.4 Å². The highest BCUT2D eigenvalue weighted by molar-refractivity contribution is 7.90. The second-order valence-corrected chi connectivity index (χ2v) is 7.24. The van der Waals surface area contributed by atoms with E-state index in [2.05, 4.69) is 5.32 Å². The van der Waals surface area contributed by atoms with Crippen LogP contribution in [0.15, 0.2) is 59.6 Å². The number of hydrogen-bond acceptors (Lipinski definition) is 3. The summed E-state index contributed by atoms with van der Waals surface area (Å²) in [6.45, 7) is 0. The third-order valence-electron chi connectivity index (χ3n) is 3.65. The highest BCUT2D eigenvalue weighted by Gasteiger charge is 2.34. The van der Waals surface area contributed by atoms with E-state index < -0.39 is 28.4 Å². The van der Waals surface area contributed by atoms with Gasteiger partial charge in [-0.05, 0) is 42.5 Å². The summed E-state index contributed by atoms with van der Waals surface area (Å²) in [4.78, 5) is 13.8. The van der Waals surface area contributed by atoms with Crippen molar-refractivity contribution in [3.05, 3.63) is 70.2 Å². The minimum absolute atomic E-state index is 0.0163. The zero-order valence-electron chi connectivity index (χ0n) is 13.1. The second-order valence-electron chi connectivity index (χ2n) is 5.42. The first kappa shape index (κ1) is 18.5. The average molecular weight is 401 g/mol. The van der Waals surface area contributed by atoms with Crippen LogP contribution in [0.1, 0.15) is 5.56 Å². The van der Waals surface area contributed by atoms with Gasteiger partial charge in [-0.1, -0.05) is 17.7 Å². The summed E-state index contributed by atoms with van der Waals surface area (Å²) in [6.07, 6.45) is -3.29. The van der Waals surface area contributed by atoms with Gasteiger partial charge in [-0.15, -0.1) is 0 Å². The van der Waals surface area contributed by atoms with Crippen LogP contribution in [0.4, 0.5) is 24.5 Å². The molecule has 1 heterocycles. The van der Waals surface area contributed by atoms with Crippen LogP contribution in [-0.4, -0.2) is 16.0 Å². The third kappa shape index (κ3) is 3.91. The Morgan fingerprint density at radius 2 is 1.85 bits per heavy atom. The lowest BCUT2D eigenvalue weighted by Crippen LogP contribution is -2.24. The van der Waals surface area contributed by atoms with Gasteiger partial charge >= 0.3 is 6.18 Å². The first-order valence-corrected chi connectivity index (χ1v) is 9.05. The summed E-state index contributed by atoms with van der Waals surface area (Å²) >= 11 is 5.81. The van der Waals surface area contributed by atoms with Gasteiger partial charge in [0.15, 0.2) is 0 Å². The number of amides is 1. The lowest BCUT2D eigenvalue weighted by atomic mass is 10.2. The number of anilines is 2. The Morgan fingerprint density at radius 3 is 2.50 bits per heavy atom. The number of carbonyl (C=O) groups excluding carboxylic acids is 1. The van der Waals surface area contributed by atoms with Crippen molar-refractivity contribution in [2.45, 2.75) is 6.18 Å². The Kier molecular flexibility index (Phi) is 5.06. The molecule has 1 atom stereocenters. The standard InChI is InChI=1S/C17H12ClF3N2O2S/c18-12-4-6-14(7-5-12)23-10-26(25)15(16(23)24)9-22-13-3-1-2-11(8-13)17(19,20)21/h1-9,22H,10H2/b15-9+/t26-/m0/s1. The maximum absolute atomic E-state index is 12.7. The van der Waals surface area contributed by atoms with Gasteiger partial charge in [0, 0.05) is 22.6 Å². The van der Waals surface area contributed by atoms with Crippen LogP contribution >= 0.6 is 11.6 Å². The van der Waals surface area contributed by atoms with Crippen molar-refractivity contribution < 1.29 is 22.2 Å². The quantitative estimate of drug-likeness (QED) is 0.778.